The highest BCUT2D eigenvalue weighted by molar-refractivity contribution is 6.25. The first-order valence-electron chi connectivity index (χ1n) is 10.9. The number of rotatable bonds is 2. The zero-order chi connectivity index (χ0) is 23.8. The average Bonchev–Trinajstić information content (AvgIpc) is 2.78. The molecule has 6 nitrogen and oxygen atoms in total. The molecular weight excluding hydrogens is 418 g/mol. The van der Waals surface area contributed by atoms with Gasteiger partial charge in [0.15, 0.2) is 5.78 Å². The molecule has 0 saturated carbocycles. The van der Waals surface area contributed by atoms with Gasteiger partial charge in [0, 0.05) is 23.6 Å². The van der Waals surface area contributed by atoms with Crippen molar-refractivity contribution in [1.82, 2.24) is 0 Å². The molecule has 0 aromatic heterocycles. The van der Waals surface area contributed by atoms with Crippen LogP contribution in [-0.4, -0.2) is 23.9 Å². The van der Waals surface area contributed by atoms with Gasteiger partial charge in [0.25, 0.3) is 0 Å². The van der Waals surface area contributed by atoms with E-state index in [-0.39, 0.29) is 11.5 Å². The SMILES string of the molecule is C#CC1C2=C(C(=O)CCC2)c2ccc(OC(=O)C(C)(C)C)cc2N1C(=O)Oc1ccccc1. The number of nitrogens with zero attached hydrogens (tertiary/aromatic N) is 1. The van der Waals surface area contributed by atoms with Gasteiger partial charge in [-0.05, 0) is 63.5 Å². The van der Waals surface area contributed by atoms with E-state index in [1.54, 1.807) is 63.2 Å². The Morgan fingerprint density at radius 1 is 1.03 bits per heavy atom. The largest absolute Gasteiger partial charge is 0.426 e. The quantitative estimate of drug-likeness (QED) is 0.364. The van der Waals surface area contributed by atoms with Crippen molar-refractivity contribution in [2.75, 3.05) is 4.90 Å². The van der Waals surface area contributed by atoms with Crippen LogP contribution in [0.2, 0.25) is 0 Å². The number of carbonyl (C=O) groups is 3. The minimum absolute atomic E-state index is 0.00624. The van der Waals surface area contributed by atoms with E-state index in [2.05, 4.69) is 5.92 Å². The van der Waals surface area contributed by atoms with E-state index in [0.717, 1.165) is 5.57 Å². The van der Waals surface area contributed by atoms with Gasteiger partial charge in [-0.25, -0.2) is 4.79 Å². The highest BCUT2D eigenvalue weighted by Gasteiger charge is 2.40. The summed E-state index contributed by atoms with van der Waals surface area (Å²) in [6, 6.07) is 12.8. The molecule has 6 heteroatoms. The molecule has 1 aliphatic carbocycles. The molecular formula is C27H25NO5. The number of carbonyl (C=O) groups excluding carboxylic acids is 3. The van der Waals surface area contributed by atoms with Gasteiger partial charge in [-0.1, -0.05) is 24.1 Å². The van der Waals surface area contributed by atoms with E-state index >= 15 is 0 Å². The molecule has 0 spiro atoms. The number of allylic oxidation sites excluding steroid dienone is 1. The van der Waals surface area contributed by atoms with Gasteiger partial charge in [0.05, 0.1) is 11.1 Å². The molecule has 0 N–H and O–H groups in total. The molecule has 2 aromatic carbocycles. The maximum atomic E-state index is 13.3. The molecule has 0 radical (unpaired) electrons. The molecule has 1 amide bonds. The van der Waals surface area contributed by atoms with Crippen molar-refractivity contribution in [3.8, 4) is 23.8 Å². The number of terminal acetylenes is 1. The Labute approximate surface area is 193 Å². The van der Waals surface area contributed by atoms with Crippen molar-refractivity contribution in [3.63, 3.8) is 0 Å². The minimum atomic E-state index is -0.776. The summed E-state index contributed by atoms with van der Waals surface area (Å²) in [7, 11) is 0. The van der Waals surface area contributed by atoms with Crippen LogP contribution in [0.4, 0.5) is 10.5 Å². The molecule has 1 atom stereocenters. The summed E-state index contributed by atoms with van der Waals surface area (Å²) in [5.41, 5.74) is 1.55. The van der Waals surface area contributed by atoms with Gasteiger partial charge in [-0.15, -0.1) is 6.42 Å². The normalized spacial score (nSPS) is 17.6. The minimum Gasteiger partial charge on any atom is -0.426 e. The number of ketones is 1. The van der Waals surface area contributed by atoms with Crippen molar-refractivity contribution in [1.29, 1.82) is 0 Å². The van der Waals surface area contributed by atoms with E-state index in [0.29, 0.717) is 41.8 Å². The lowest BCUT2D eigenvalue weighted by atomic mass is 9.79. The van der Waals surface area contributed by atoms with Crippen LogP contribution in [0, 0.1) is 17.8 Å². The van der Waals surface area contributed by atoms with E-state index in [4.69, 9.17) is 15.9 Å². The van der Waals surface area contributed by atoms with Crippen molar-refractivity contribution in [3.05, 3.63) is 59.7 Å². The predicted molar refractivity (Wildman–Crippen MR) is 125 cm³/mol. The Morgan fingerprint density at radius 3 is 2.42 bits per heavy atom. The molecule has 0 saturated heterocycles. The number of hydrogen-bond donors (Lipinski definition) is 0. The van der Waals surface area contributed by atoms with Gasteiger partial charge < -0.3 is 9.47 Å². The third-order valence-electron chi connectivity index (χ3n) is 5.66. The first kappa shape index (κ1) is 22.3. The Kier molecular flexibility index (Phi) is 5.82. The van der Waals surface area contributed by atoms with Gasteiger partial charge in [-0.3, -0.25) is 14.5 Å². The number of amides is 1. The predicted octanol–water partition coefficient (Wildman–Crippen LogP) is 5.17. The Hall–Kier alpha value is -3.85. The van der Waals surface area contributed by atoms with E-state index in [1.165, 1.54) is 4.90 Å². The topological polar surface area (TPSA) is 72.9 Å². The average molecular weight is 443 g/mol. The number of fused-ring (bicyclic) bond motifs is 2. The molecule has 1 heterocycles. The summed E-state index contributed by atoms with van der Waals surface area (Å²) in [5, 5.41) is 0. The monoisotopic (exact) mass is 443 g/mol. The Morgan fingerprint density at radius 2 is 1.76 bits per heavy atom. The fraction of sp³-hybridized carbons (Fsp3) is 0.296. The van der Waals surface area contributed by atoms with E-state index in [9.17, 15) is 14.4 Å². The zero-order valence-corrected chi connectivity index (χ0v) is 18.9. The number of Topliss-reactive ketones (excluding diaryl/α,β-unsaturated/α-hetero) is 1. The lowest BCUT2D eigenvalue weighted by molar-refractivity contribution is -0.143. The lowest BCUT2D eigenvalue weighted by Crippen LogP contribution is -2.46. The van der Waals surface area contributed by atoms with Crippen molar-refractivity contribution in [2.24, 2.45) is 5.41 Å². The smallest absolute Gasteiger partial charge is 0.421 e. The van der Waals surface area contributed by atoms with Crippen LogP contribution in [-0.2, 0) is 9.59 Å². The second kappa shape index (κ2) is 8.59. The molecule has 168 valence electrons. The Balaban J connectivity index is 1.82. The van der Waals surface area contributed by atoms with Crippen LogP contribution in [0.5, 0.6) is 11.5 Å². The molecule has 33 heavy (non-hydrogen) atoms. The highest BCUT2D eigenvalue weighted by atomic mass is 16.6. The van der Waals surface area contributed by atoms with Crippen LogP contribution in [0.1, 0.15) is 45.6 Å². The number of esters is 1. The van der Waals surface area contributed by atoms with Crippen LogP contribution in [0.3, 0.4) is 0 Å². The Bertz CT molecular complexity index is 1200. The maximum absolute atomic E-state index is 13.3. The fourth-order valence-corrected chi connectivity index (χ4v) is 4.02. The summed E-state index contributed by atoms with van der Waals surface area (Å²) < 4.78 is 11.2. The van der Waals surface area contributed by atoms with Crippen LogP contribution in [0.25, 0.3) is 5.57 Å². The first-order valence-corrected chi connectivity index (χ1v) is 10.9. The number of ether oxygens (including phenoxy) is 2. The van der Waals surface area contributed by atoms with E-state index < -0.39 is 23.5 Å². The van der Waals surface area contributed by atoms with Crippen molar-refractivity contribution < 1.29 is 23.9 Å². The maximum Gasteiger partial charge on any atom is 0.421 e. The summed E-state index contributed by atoms with van der Waals surface area (Å²) in [6.45, 7) is 5.26. The number of benzene rings is 2. The molecule has 0 fully saturated rings. The van der Waals surface area contributed by atoms with Gasteiger partial charge >= 0.3 is 12.1 Å². The standard InChI is InChI=1S/C27H25NO5/c1-5-21-19-12-9-13-23(29)24(19)20-15-14-18(32-25(30)27(2,3)4)16-22(20)28(21)26(31)33-17-10-7-6-8-11-17/h1,6-8,10-11,14-16,21H,9,12-13H2,2-4H3. The summed E-state index contributed by atoms with van der Waals surface area (Å²) in [5.74, 6) is 2.88. The van der Waals surface area contributed by atoms with Gasteiger partial charge in [0.2, 0.25) is 0 Å². The number of hydrogen-bond acceptors (Lipinski definition) is 5. The molecule has 4 rings (SSSR count). The van der Waals surface area contributed by atoms with Crippen molar-refractivity contribution in [2.45, 2.75) is 46.1 Å². The second-order valence-electron chi connectivity index (χ2n) is 9.12. The van der Waals surface area contributed by atoms with Gasteiger partial charge in [0.1, 0.15) is 17.5 Å². The molecule has 1 unspecified atom stereocenters. The van der Waals surface area contributed by atoms with E-state index in [1.807, 2.05) is 6.07 Å². The number of para-hydroxylation sites is 1. The molecule has 2 aliphatic rings. The van der Waals surface area contributed by atoms with Gasteiger partial charge in [-0.2, -0.15) is 0 Å². The highest BCUT2D eigenvalue weighted by Crippen LogP contribution is 2.45. The fourth-order valence-electron chi connectivity index (χ4n) is 4.02. The number of anilines is 1. The first-order chi connectivity index (χ1) is 15.7. The van der Waals surface area contributed by atoms with Crippen molar-refractivity contribution >= 4 is 29.1 Å². The molecule has 2 aromatic rings. The zero-order valence-electron chi connectivity index (χ0n) is 18.9. The molecule has 1 aliphatic heterocycles. The third-order valence-corrected chi connectivity index (χ3v) is 5.66. The van der Waals surface area contributed by atoms with Crippen LogP contribution >= 0.6 is 0 Å². The second-order valence-corrected chi connectivity index (χ2v) is 9.12. The summed E-state index contributed by atoms with van der Waals surface area (Å²) in [6.07, 6.45) is 6.92. The lowest BCUT2D eigenvalue weighted by Gasteiger charge is -2.38. The summed E-state index contributed by atoms with van der Waals surface area (Å²) in [4.78, 5) is 40.0. The third kappa shape index (κ3) is 4.27. The molecule has 0 bridgehead atoms. The summed E-state index contributed by atoms with van der Waals surface area (Å²) >= 11 is 0. The van der Waals surface area contributed by atoms with Crippen LogP contribution < -0.4 is 14.4 Å². The van der Waals surface area contributed by atoms with Crippen LogP contribution in [0.15, 0.2) is 54.1 Å².